The summed E-state index contributed by atoms with van der Waals surface area (Å²) in [5, 5.41) is 3.55. The molecule has 1 saturated heterocycles. The Kier molecular flexibility index (Phi) is 4.19. The molecule has 1 aromatic rings. The summed E-state index contributed by atoms with van der Waals surface area (Å²) in [6, 6.07) is 9.75. The molecule has 2 atom stereocenters. The average Bonchev–Trinajstić information content (AvgIpc) is 2.47. The highest BCUT2D eigenvalue weighted by atomic mass is 15.2. The Morgan fingerprint density at radius 3 is 2.84 bits per heavy atom. The third-order valence-electron chi connectivity index (χ3n) is 4.83. The van der Waals surface area contributed by atoms with E-state index in [9.17, 15) is 0 Å². The highest BCUT2D eigenvalue weighted by molar-refractivity contribution is 5.30. The van der Waals surface area contributed by atoms with Crippen LogP contribution in [0.5, 0.6) is 0 Å². The van der Waals surface area contributed by atoms with Crippen LogP contribution in [0, 0.1) is 5.92 Å². The Morgan fingerprint density at radius 1 is 1.26 bits per heavy atom. The summed E-state index contributed by atoms with van der Waals surface area (Å²) in [7, 11) is 0. The Balaban J connectivity index is 1.70. The van der Waals surface area contributed by atoms with Gasteiger partial charge in [-0.1, -0.05) is 31.2 Å². The first-order valence-corrected chi connectivity index (χ1v) is 7.88. The van der Waals surface area contributed by atoms with Gasteiger partial charge in [-0.2, -0.15) is 0 Å². The molecule has 104 valence electrons. The van der Waals surface area contributed by atoms with Gasteiger partial charge >= 0.3 is 0 Å². The van der Waals surface area contributed by atoms with Crippen molar-refractivity contribution in [3.63, 3.8) is 0 Å². The fourth-order valence-electron chi connectivity index (χ4n) is 3.67. The average molecular weight is 258 g/mol. The van der Waals surface area contributed by atoms with E-state index in [2.05, 4.69) is 41.4 Å². The van der Waals surface area contributed by atoms with Crippen LogP contribution in [-0.4, -0.2) is 30.6 Å². The summed E-state index contributed by atoms with van der Waals surface area (Å²) in [6.45, 7) is 7.21. The summed E-state index contributed by atoms with van der Waals surface area (Å²) in [6.07, 6.45) is 5.27. The van der Waals surface area contributed by atoms with E-state index in [-0.39, 0.29) is 0 Å². The molecule has 19 heavy (non-hydrogen) atoms. The minimum atomic E-state index is 0.747. The molecule has 1 fully saturated rings. The topological polar surface area (TPSA) is 15.3 Å². The van der Waals surface area contributed by atoms with Gasteiger partial charge in [-0.3, -0.25) is 4.90 Å². The number of nitrogens with one attached hydrogen (secondary N) is 1. The van der Waals surface area contributed by atoms with E-state index >= 15 is 0 Å². The maximum Gasteiger partial charge on any atom is 0.0239 e. The number of benzene rings is 1. The highest BCUT2D eigenvalue weighted by Gasteiger charge is 2.27. The minimum Gasteiger partial charge on any atom is -0.316 e. The predicted molar refractivity (Wildman–Crippen MR) is 80.2 cm³/mol. The van der Waals surface area contributed by atoms with E-state index in [4.69, 9.17) is 0 Å². The van der Waals surface area contributed by atoms with Crippen molar-refractivity contribution in [2.45, 2.75) is 45.2 Å². The van der Waals surface area contributed by atoms with Crippen molar-refractivity contribution < 1.29 is 0 Å². The van der Waals surface area contributed by atoms with Gasteiger partial charge in [0.25, 0.3) is 0 Å². The predicted octanol–water partition coefficient (Wildman–Crippen LogP) is 2.82. The summed E-state index contributed by atoms with van der Waals surface area (Å²) in [5.74, 6) is 0.855. The van der Waals surface area contributed by atoms with Crippen LogP contribution in [0.25, 0.3) is 0 Å². The van der Waals surface area contributed by atoms with Crippen LogP contribution < -0.4 is 5.32 Å². The standard InChI is InChI=1S/C17H26N2/c1-2-17-10-15-7-3-4-8-16(15)13-19(17)12-14-6-5-9-18-11-14/h3-4,7-8,14,17-18H,2,5-6,9-13H2,1H3. The zero-order valence-electron chi connectivity index (χ0n) is 12.1. The summed E-state index contributed by atoms with van der Waals surface area (Å²) < 4.78 is 0. The normalized spacial score (nSPS) is 28.1. The Hall–Kier alpha value is -0.860. The molecule has 0 aromatic heterocycles. The molecule has 2 nitrogen and oxygen atoms in total. The van der Waals surface area contributed by atoms with Gasteiger partial charge < -0.3 is 5.32 Å². The van der Waals surface area contributed by atoms with Crippen molar-refractivity contribution >= 4 is 0 Å². The van der Waals surface area contributed by atoms with Gasteiger partial charge in [-0.05, 0) is 55.8 Å². The van der Waals surface area contributed by atoms with Gasteiger partial charge in [0, 0.05) is 19.1 Å². The summed E-state index contributed by atoms with van der Waals surface area (Å²) in [4.78, 5) is 2.74. The largest absolute Gasteiger partial charge is 0.316 e. The lowest BCUT2D eigenvalue weighted by Gasteiger charge is -2.39. The molecular weight excluding hydrogens is 232 g/mol. The van der Waals surface area contributed by atoms with Gasteiger partial charge in [-0.15, -0.1) is 0 Å². The molecule has 2 heterocycles. The summed E-state index contributed by atoms with van der Waals surface area (Å²) in [5.41, 5.74) is 3.13. The fraction of sp³-hybridized carbons (Fsp3) is 0.647. The molecule has 0 spiro atoms. The first-order valence-electron chi connectivity index (χ1n) is 7.88. The molecule has 0 aliphatic carbocycles. The summed E-state index contributed by atoms with van der Waals surface area (Å²) >= 11 is 0. The lowest BCUT2D eigenvalue weighted by atomic mass is 9.90. The molecule has 1 aromatic carbocycles. The zero-order chi connectivity index (χ0) is 13.1. The molecule has 0 radical (unpaired) electrons. The molecule has 3 rings (SSSR count). The van der Waals surface area contributed by atoms with E-state index in [0.29, 0.717) is 0 Å². The van der Waals surface area contributed by atoms with Crippen molar-refractivity contribution in [3.05, 3.63) is 35.4 Å². The molecule has 2 unspecified atom stereocenters. The third kappa shape index (κ3) is 3.01. The van der Waals surface area contributed by atoms with Crippen LogP contribution in [-0.2, 0) is 13.0 Å². The first kappa shape index (κ1) is 13.1. The number of hydrogen-bond acceptors (Lipinski definition) is 2. The Labute approximate surface area is 117 Å². The second kappa shape index (κ2) is 6.06. The van der Waals surface area contributed by atoms with E-state index in [1.165, 1.54) is 45.3 Å². The molecule has 2 aliphatic heterocycles. The lowest BCUT2D eigenvalue weighted by Crippen LogP contribution is -2.45. The molecule has 2 aliphatic rings. The van der Waals surface area contributed by atoms with Gasteiger partial charge in [0.1, 0.15) is 0 Å². The highest BCUT2D eigenvalue weighted by Crippen LogP contribution is 2.26. The molecule has 1 N–H and O–H groups in total. The SMILES string of the molecule is CCC1Cc2ccccc2CN1CC1CCCNC1. The Morgan fingerprint density at radius 2 is 2.11 bits per heavy atom. The van der Waals surface area contributed by atoms with E-state index in [0.717, 1.165) is 18.5 Å². The van der Waals surface area contributed by atoms with Gasteiger partial charge in [-0.25, -0.2) is 0 Å². The maximum absolute atomic E-state index is 3.55. The van der Waals surface area contributed by atoms with E-state index in [1.54, 1.807) is 11.1 Å². The second-order valence-corrected chi connectivity index (χ2v) is 6.18. The third-order valence-corrected chi connectivity index (χ3v) is 4.83. The van der Waals surface area contributed by atoms with Crippen molar-refractivity contribution in [1.29, 1.82) is 0 Å². The second-order valence-electron chi connectivity index (χ2n) is 6.18. The molecular formula is C17H26N2. The minimum absolute atomic E-state index is 0.747. The van der Waals surface area contributed by atoms with Gasteiger partial charge in [0.05, 0.1) is 0 Å². The quantitative estimate of drug-likeness (QED) is 0.897. The number of hydrogen-bond donors (Lipinski definition) is 1. The van der Waals surface area contributed by atoms with Crippen LogP contribution in [0.1, 0.15) is 37.3 Å². The molecule has 0 bridgehead atoms. The van der Waals surface area contributed by atoms with Crippen molar-refractivity contribution in [1.82, 2.24) is 10.2 Å². The van der Waals surface area contributed by atoms with E-state index in [1.807, 2.05) is 0 Å². The number of rotatable bonds is 3. The van der Waals surface area contributed by atoms with E-state index < -0.39 is 0 Å². The van der Waals surface area contributed by atoms with Crippen LogP contribution in [0.2, 0.25) is 0 Å². The molecule has 0 amide bonds. The molecule has 2 heteroatoms. The first-order chi connectivity index (χ1) is 9.36. The monoisotopic (exact) mass is 258 g/mol. The number of piperidine rings is 1. The van der Waals surface area contributed by atoms with Crippen molar-refractivity contribution in [3.8, 4) is 0 Å². The smallest absolute Gasteiger partial charge is 0.0239 e. The lowest BCUT2D eigenvalue weighted by molar-refractivity contribution is 0.130. The maximum atomic E-state index is 3.55. The van der Waals surface area contributed by atoms with Crippen LogP contribution in [0.3, 0.4) is 0 Å². The van der Waals surface area contributed by atoms with Gasteiger partial charge in [0.2, 0.25) is 0 Å². The number of fused-ring (bicyclic) bond motifs is 1. The van der Waals surface area contributed by atoms with Gasteiger partial charge in [0.15, 0.2) is 0 Å². The number of nitrogens with zero attached hydrogens (tertiary/aromatic N) is 1. The van der Waals surface area contributed by atoms with Crippen LogP contribution in [0.15, 0.2) is 24.3 Å². The van der Waals surface area contributed by atoms with Crippen LogP contribution >= 0.6 is 0 Å². The van der Waals surface area contributed by atoms with Crippen molar-refractivity contribution in [2.24, 2.45) is 5.92 Å². The van der Waals surface area contributed by atoms with Crippen LogP contribution in [0.4, 0.5) is 0 Å². The zero-order valence-corrected chi connectivity index (χ0v) is 12.1. The Bertz CT molecular complexity index is 409. The fourth-order valence-corrected chi connectivity index (χ4v) is 3.67. The van der Waals surface area contributed by atoms with Crippen molar-refractivity contribution in [2.75, 3.05) is 19.6 Å². The molecule has 0 saturated carbocycles.